The van der Waals surface area contributed by atoms with E-state index in [1.807, 2.05) is 0 Å². The van der Waals surface area contributed by atoms with Crippen molar-refractivity contribution >= 4 is 45.1 Å². The fraction of sp³-hybridized carbons (Fsp3) is 0.0667. The van der Waals surface area contributed by atoms with Gasteiger partial charge in [0.2, 0.25) is 11.8 Å². The average molecular weight is 436 g/mol. The first-order chi connectivity index (χ1) is 12.5. The Labute approximate surface area is 159 Å². The highest BCUT2D eigenvalue weighted by molar-refractivity contribution is 9.10. The van der Waals surface area contributed by atoms with Crippen LogP contribution in [0.2, 0.25) is 0 Å². The Kier molecular flexibility index (Phi) is 5.58. The van der Waals surface area contributed by atoms with Gasteiger partial charge in [0, 0.05) is 28.4 Å². The largest absolute Gasteiger partial charge is 0.411 e. The lowest BCUT2D eigenvalue weighted by Gasteiger charge is -2.02. The number of hydrogen-bond donors (Lipinski definition) is 1. The number of anilines is 1. The lowest BCUT2D eigenvalue weighted by Crippen LogP contribution is -2.14. The minimum absolute atomic E-state index is 0.0268. The van der Waals surface area contributed by atoms with Gasteiger partial charge in [-0.1, -0.05) is 11.8 Å². The van der Waals surface area contributed by atoms with Gasteiger partial charge in [-0.2, -0.15) is 0 Å². The molecule has 0 aliphatic heterocycles. The van der Waals surface area contributed by atoms with Crippen LogP contribution in [0.15, 0.2) is 56.7 Å². The lowest BCUT2D eigenvalue weighted by atomic mass is 10.2. The Bertz CT molecular complexity index is 930. The van der Waals surface area contributed by atoms with E-state index in [2.05, 4.69) is 36.4 Å². The topological polar surface area (TPSA) is 124 Å². The SMILES string of the molecule is O=C(CSc1nnc(-c2ccc([N+](=O)[O-])cc2)o1)Nc1ccc(Br)cn1. The molecule has 2 aromatic heterocycles. The van der Waals surface area contributed by atoms with Crippen LogP contribution in [0.4, 0.5) is 11.5 Å². The summed E-state index contributed by atoms with van der Waals surface area (Å²) in [6, 6.07) is 9.18. The van der Waals surface area contributed by atoms with Crippen LogP contribution in [0, 0.1) is 10.1 Å². The molecule has 3 aromatic rings. The Morgan fingerprint density at radius 3 is 2.65 bits per heavy atom. The highest BCUT2D eigenvalue weighted by Gasteiger charge is 2.13. The third-order valence-corrected chi connectivity index (χ3v) is 4.34. The molecule has 0 fully saturated rings. The molecule has 1 amide bonds. The number of carbonyl (C=O) groups excluding carboxylic acids is 1. The van der Waals surface area contributed by atoms with Crippen LogP contribution < -0.4 is 5.32 Å². The number of amides is 1. The minimum atomic E-state index is -0.488. The number of thioether (sulfide) groups is 1. The van der Waals surface area contributed by atoms with Gasteiger partial charge in [0.05, 0.1) is 10.7 Å². The first kappa shape index (κ1) is 18.0. The van der Waals surface area contributed by atoms with Gasteiger partial charge < -0.3 is 9.73 Å². The van der Waals surface area contributed by atoms with Gasteiger partial charge in [0.15, 0.2) is 0 Å². The maximum absolute atomic E-state index is 11.9. The monoisotopic (exact) mass is 435 g/mol. The van der Waals surface area contributed by atoms with Gasteiger partial charge >= 0.3 is 0 Å². The molecule has 0 bridgehead atoms. The number of nitro groups is 1. The van der Waals surface area contributed by atoms with Gasteiger partial charge in [0.1, 0.15) is 5.82 Å². The maximum atomic E-state index is 11.9. The highest BCUT2D eigenvalue weighted by Crippen LogP contribution is 2.25. The standard InChI is InChI=1S/C15H10BrN5O4S/c16-10-3-6-12(17-7-10)18-13(22)8-26-15-20-19-14(25-15)9-1-4-11(5-2-9)21(23)24/h1-7H,8H2,(H,17,18,22). The van der Waals surface area contributed by atoms with Gasteiger partial charge in [-0.05, 0) is 40.2 Å². The summed E-state index contributed by atoms with van der Waals surface area (Å²) in [6.07, 6.45) is 1.58. The van der Waals surface area contributed by atoms with E-state index in [1.54, 1.807) is 18.3 Å². The van der Waals surface area contributed by atoms with Crippen LogP contribution in [0.1, 0.15) is 0 Å². The van der Waals surface area contributed by atoms with E-state index in [0.717, 1.165) is 16.2 Å². The van der Waals surface area contributed by atoms with Crippen molar-refractivity contribution in [2.24, 2.45) is 0 Å². The number of benzene rings is 1. The number of non-ortho nitro benzene ring substituents is 1. The molecule has 1 N–H and O–H groups in total. The quantitative estimate of drug-likeness (QED) is 0.354. The summed E-state index contributed by atoms with van der Waals surface area (Å²) < 4.78 is 6.27. The number of rotatable bonds is 6. The van der Waals surface area contributed by atoms with E-state index in [-0.39, 0.29) is 28.5 Å². The molecular formula is C15H10BrN5O4S. The van der Waals surface area contributed by atoms with Gasteiger partial charge in [-0.25, -0.2) is 4.98 Å². The van der Waals surface area contributed by atoms with E-state index in [0.29, 0.717) is 11.4 Å². The number of aromatic nitrogens is 3. The molecule has 0 spiro atoms. The smallest absolute Gasteiger partial charge is 0.277 e. The van der Waals surface area contributed by atoms with E-state index in [4.69, 9.17) is 4.42 Å². The molecule has 0 saturated carbocycles. The number of hydrogen-bond acceptors (Lipinski definition) is 8. The highest BCUT2D eigenvalue weighted by atomic mass is 79.9. The predicted molar refractivity (Wildman–Crippen MR) is 97.7 cm³/mol. The number of nitrogens with zero attached hydrogens (tertiary/aromatic N) is 4. The predicted octanol–water partition coefficient (Wildman–Crippen LogP) is 3.53. The number of nitro benzene ring substituents is 1. The molecule has 0 aliphatic rings. The Morgan fingerprint density at radius 1 is 1.23 bits per heavy atom. The molecule has 26 heavy (non-hydrogen) atoms. The van der Waals surface area contributed by atoms with Crippen LogP contribution in [0.5, 0.6) is 0 Å². The molecule has 2 heterocycles. The fourth-order valence-electron chi connectivity index (χ4n) is 1.87. The van der Waals surface area contributed by atoms with Crippen molar-refractivity contribution in [1.29, 1.82) is 0 Å². The summed E-state index contributed by atoms with van der Waals surface area (Å²) in [4.78, 5) is 26.1. The molecular weight excluding hydrogens is 426 g/mol. The van der Waals surface area contributed by atoms with Crippen LogP contribution >= 0.6 is 27.7 Å². The summed E-state index contributed by atoms with van der Waals surface area (Å²) in [6.45, 7) is 0. The van der Waals surface area contributed by atoms with Crippen LogP contribution in [-0.2, 0) is 4.79 Å². The van der Waals surface area contributed by atoms with Gasteiger partial charge in [0.25, 0.3) is 10.9 Å². The zero-order valence-electron chi connectivity index (χ0n) is 13.0. The van der Waals surface area contributed by atoms with Crippen molar-refractivity contribution in [2.75, 3.05) is 11.1 Å². The first-order valence-corrected chi connectivity index (χ1v) is 8.91. The second kappa shape index (κ2) is 8.06. The van der Waals surface area contributed by atoms with Crippen LogP contribution in [0.3, 0.4) is 0 Å². The number of pyridine rings is 1. The molecule has 0 radical (unpaired) electrons. The molecule has 3 rings (SSSR count). The normalized spacial score (nSPS) is 10.5. The Morgan fingerprint density at radius 2 is 2.00 bits per heavy atom. The van der Waals surface area contributed by atoms with Gasteiger partial charge in [-0.3, -0.25) is 14.9 Å². The summed E-state index contributed by atoms with van der Waals surface area (Å²) in [5.74, 6) is 0.466. The van der Waals surface area contributed by atoms with E-state index in [1.165, 1.54) is 24.3 Å². The molecule has 1 aromatic carbocycles. The van der Waals surface area contributed by atoms with Crippen LogP contribution in [-0.4, -0.2) is 31.8 Å². The molecule has 0 unspecified atom stereocenters. The number of halogens is 1. The second-order valence-electron chi connectivity index (χ2n) is 4.88. The zero-order chi connectivity index (χ0) is 18.5. The zero-order valence-corrected chi connectivity index (χ0v) is 15.4. The molecule has 132 valence electrons. The van der Waals surface area contributed by atoms with E-state index < -0.39 is 4.92 Å². The summed E-state index contributed by atoms with van der Waals surface area (Å²) in [7, 11) is 0. The maximum Gasteiger partial charge on any atom is 0.277 e. The molecule has 0 aliphatic carbocycles. The third kappa shape index (κ3) is 4.64. The summed E-state index contributed by atoms with van der Waals surface area (Å²) >= 11 is 4.34. The summed E-state index contributed by atoms with van der Waals surface area (Å²) in [5, 5.41) is 21.3. The van der Waals surface area contributed by atoms with Gasteiger partial charge in [-0.15, -0.1) is 10.2 Å². The van der Waals surface area contributed by atoms with Crippen molar-refractivity contribution in [3.8, 4) is 11.5 Å². The van der Waals surface area contributed by atoms with Crippen molar-refractivity contribution in [1.82, 2.24) is 15.2 Å². The average Bonchev–Trinajstić information content (AvgIpc) is 3.11. The van der Waals surface area contributed by atoms with Crippen molar-refractivity contribution in [3.63, 3.8) is 0 Å². The minimum Gasteiger partial charge on any atom is -0.411 e. The first-order valence-electron chi connectivity index (χ1n) is 7.14. The lowest BCUT2D eigenvalue weighted by molar-refractivity contribution is -0.384. The third-order valence-electron chi connectivity index (χ3n) is 3.05. The Hall–Kier alpha value is -2.79. The Balaban J connectivity index is 1.57. The second-order valence-corrected chi connectivity index (χ2v) is 6.72. The molecule has 9 nitrogen and oxygen atoms in total. The van der Waals surface area contributed by atoms with Crippen LogP contribution in [0.25, 0.3) is 11.5 Å². The van der Waals surface area contributed by atoms with Crippen molar-refractivity contribution in [3.05, 3.63) is 57.2 Å². The fourth-order valence-corrected chi connectivity index (χ4v) is 2.66. The van der Waals surface area contributed by atoms with E-state index in [9.17, 15) is 14.9 Å². The number of nitrogens with one attached hydrogen (secondary N) is 1. The number of carbonyl (C=O) groups is 1. The van der Waals surface area contributed by atoms with E-state index >= 15 is 0 Å². The molecule has 11 heteroatoms. The summed E-state index contributed by atoms with van der Waals surface area (Å²) in [5.41, 5.74) is 0.527. The molecule has 0 atom stereocenters. The van der Waals surface area contributed by atoms with Crippen molar-refractivity contribution in [2.45, 2.75) is 5.22 Å². The molecule has 0 saturated heterocycles. The van der Waals surface area contributed by atoms with Crippen molar-refractivity contribution < 1.29 is 14.1 Å².